The third-order valence-corrected chi connectivity index (χ3v) is 2.40. The zero-order valence-electron chi connectivity index (χ0n) is 7.99. The van der Waals surface area contributed by atoms with Gasteiger partial charge in [-0.15, -0.1) is 0 Å². The van der Waals surface area contributed by atoms with Crippen molar-refractivity contribution in [3.8, 4) is 11.5 Å². The molecule has 2 heteroatoms. The largest absolute Gasteiger partial charge is 0.508 e. The van der Waals surface area contributed by atoms with E-state index in [2.05, 4.69) is 0 Å². The van der Waals surface area contributed by atoms with E-state index in [9.17, 15) is 10.2 Å². The Morgan fingerprint density at radius 1 is 1.00 bits per heavy atom. The number of rotatable bonds is 1. The highest BCUT2D eigenvalue weighted by atomic mass is 16.3. The van der Waals surface area contributed by atoms with Gasteiger partial charge < -0.3 is 10.2 Å². The van der Waals surface area contributed by atoms with Gasteiger partial charge in [0.2, 0.25) is 0 Å². The molecule has 0 amide bonds. The molecule has 0 unspecified atom stereocenters. The maximum Gasteiger partial charge on any atom is 0.119 e. The van der Waals surface area contributed by atoms with Crippen molar-refractivity contribution in [1.29, 1.82) is 0 Å². The predicted molar refractivity (Wildman–Crippen MR) is 56.7 cm³/mol. The minimum atomic E-state index is 0.255. The molecule has 14 heavy (non-hydrogen) atoms. The van der Waals surface area contributed by atoms with Gasteiger partial charge in [0.15, 0.2) is 0 Å². The van der Waals surface area contributed by atoms with Crippen molar-refractivity contribution >= 4 is 10.8 Å². The molecule has 2 nitrogen and oxygen atoms in total. The minimum absolute atomic E-state index is 0.255. The highest BCUT2D eigenvalue weighted by Gasteiger charge is 2.02. The average Bonchev–Trinajstić information content (AvgIpc) is 2.17. The normalized spacial score (nSPS) is 10.6. The lowest BCUT2D eigenvalue weighted by molar-refractivity contribution is 0.469. The Bertz CT molecular complexity index is 475. The highest BCUT2D eigenvalue weighted by molar-refractivity contribution is 5.86. The Balaban J connectivity index is 2.73. The number of hydrogen-bond donors (Lipinski definition) is 2. The molecule has 0 aromatic heterocycles. The van der Waals surface area contributed by atoms with Gasteiger partial charge in [-0.3, -0.25) is 0 Å². The lowest BCUT2D eigenvalue weighted by Crippen LogP contribution is -1.82. The lowest BCUT2D eigenvalue weighted by Gasteiger charge is -2.04. The summed E-state index contributed by atoms with van der Waals surface area (Å²) in [6.45, 7) is 1.99. The lowest BCUT2D eigenvalue weighted by atomic mass is 10.0. The predicted octanol–water partition coefficient (Wildman–Crippen LogP) is 2.81. The molecule has 0 spiro atoms. The van der Waals surface area contributed by atoms with Gasteiger partial charge in [0.25, 0.3) is 0 Å². The summed E-state index contributed by atoms with van der Waals surface area (Å²) >= 11 is 0. The van der Waals surface area contributed by atoms with Gasteiger partial charge >= 0.3 is 0 Å². The third kappa shape index (κ3) is 1.39. The van der Waals surface area contributed by atoms with Gasteiger partial charge in [-0.25, -0.2) is 0 Å². The summed E-state index contributed by atoms with van der Waals surface area (Å²) < 4.78 is 0. The summed E-state index contributed by atoms with van der Waals surface area (Å²) in [5.74, 6) is 0.580. The quantitative estimate of drug-likeness (QED) is 0.722. The van der Waals surface area contributed by atoms with Crippen LogP contribution in [0.25, 0.3) is 10.8 Å². The van der Waals surface area contributed by atoms with Crippen LogP contribution in [0.5, 0.6) is 11.5 Å². The number of hydrogen-bond acceptors (Lipinski definition) is 2. The maximum absolute atomic E-state index is 9.62. The summed E-state index contributed by atoms with van der Waals surface area (Å²) in [4.78, 5) is 0. The van der Waals surface area contributed by atoms with Gasteiger partial charge in [-0.2, -0.15) is 0 Å². The van der Waals surface area contributed by atoms with E-state index in [4.69, 9.17) is 0 Å². The second kappa shape index (κ2) is 3.22. The van der Waals surface area contributed by atoms with Crippen LogP contribution in [0.2, 0.25) is 0 Å². The Kier molecular flexibility index (Phi) is 2.04. The first-order valence-electron chi connectivity index (χ1n) is 4.65. The van der Waals surface area contributed by atoms with Crippen LogP contribution in [0.3, 0.4) is 0 Å². The average molecular weight is 188 g/mol. The van der Waals surface area contributed by atoms with E-state index < -0.39 is 0 Å². The summed E-state index contributed by atoms with van der Waals surface area (Å²) in [5, 5.41) is 20.8. The highest BCUT2D eigenvalue weighted by Crippen LogP contribution is 2.27. The molecule has 2 aromatic carbocycles. The van der Waals surface area contributed by atoms with Crippen LogP contribution < -0.4 is 0 Å². The minimum Gasteiger partial charge on any atom is -0.508 e. The molecule has 2 aromatic rings. The first-order chi connectivity index (χ1) is 6.70. The van der Waals surface area contributed by atoms with E-state index in [0.717, 1.165) is 22.8 Å². The SMILES string of the molecule is CCc1cc2cc(O)ccc2cc1O. The Morgan fingerprint density at radius 3 is 2.50 bits per heavy atom. The van der Waals surface area contributed by atoms with Gasteiger partial charge in [-0.1, -0.05) is 13.0 Å². The van der Waals surface area contributed by atoms with Crippen LogP contribution in [-0.4, -0.2) is 10.2 Å². The fraction of sp³-hybridized carbons (Fsp3) is 0.167. The molecule has 72 valence electrons. The van der Waals surface area contributed by atoms with Gasteiger partial charge in [-0.05, 0) is 47.0 Å². The Morgan fingerprint density at radius 2 is 1.79 bits per heavy atom. The van der Waals surface area contributed by atoms with E-state index in [1.807, 2.05) is 13.0 Å². The fourth-order valence-corrected chi connectivity index (χ4v) is 1.60. The van der Waals surface area contributed by atoms with Crippen LogP contribution in [-0.2, 0) is 6.42 Å². The molecule has 0 fully saturated rings. The molecule has 2 N–H and O–H groups in total. The Hall–Kier alpha value is -1.70. The number of benzene rings is 2. The molecule has 0 aliphatic rings. The first-order valence-corrected chi connectivity index (χ1v) is 4.65. The maximum atomic E-state index is 9.62. The zero-order valence-corrected chi connectivity index (χ0v) is 7.99. The standard InChI is InChI=1S/C12H12O2/c1-2-8-5-10-6-11(13)4-3-9(10)7-12(8)14/h3-7,13-14H,2H2,1H3. The van der Waals surface area contributed by atoms with E-state index in [0.29, 0.717) is 5.75 Å². The number of phenols is 2. The molecule has 0 aliphatic heterocycles. The zero-order chi connectivity index (χ0) is 10.1. The number of phenolic OH excluding ortho intramolecular Hbond substituents is 2. The molecule has 0 bridgehead atoms. The van der Waals surface area contributed by atoms with E-state index >= 15 is 0 Å². The molecule has 0 atom stereocenters. The second-order valence-corrected chi connectivity index (χ2v) is 3.37. The van der Waals surface area contributed by atoms with Crippen molar-refractivity contribution in [2.24, 2.45) is 0 Å². The smallest absolute Gasteiger partial charge is 0.119 e. The Labute approximate surface area is 82.4 Å². The monoisotopic (exact) mass is 188 g/mol. The number of aromatic hydroxyl groups is 2. The molecule has 0 radical (unpaired) electrons. The second-order valence-electron chi connectivity index (χ2n) is 3.37. The van der Waals surface area contributed by atoms with Crippen molar-refractivity contribution < 1.29 is 10.2 Å². The van der Waals surface area contributed by atoms with Crippen molar-refractivity contribution in [3.63, 3.8) is 0 Å². The fourth-order valence-electron chi connectivity index (χ4n) is 1.60. The van der Waals surface area contributed by atoms with Crippen LogP contribution in [0.15, 0.2) is 30.3 Å². The summed E-state index contributed by atoms with van der Waals surface area (Å²) in [5.41, 5.74) is 0.906. The topological polar surface area (TPSA) is 40.5 Å². The first kappa shape index (κ1) is 8.88. The van der Waals surface area contributed by atoms with E-state index in [1.54, 1.807) is 24.3 Å². The van der Waals surface area contributed by atoms with Crippen molar-refractivity contribution in [2.45, 2.75) is 13.3 Å². The van der Waals surface area contributed by atoms with E-state index in [-0.39, 0.29) is 5.75 Å². The van der Waals surface area contributed by atoms with Crippen LogP contribution in [0, 0.1) is 0 Å². The molecule has 0 saturated heterocycles. The molecule has 0 heterocycles. The van der Waals surface area contributed by atoms with Gasteiger partial charge in [0.1, 0.15) is 11.5 Å². The molecular weight excluding hydrogens is 176 g/mol. The summed E-state index contributed by atoms with van der Waals surface area (Å²) in [6.07, 6.45) is 0.789. The molecular formula is C12H12O2. The van der Waals surface area contributed by atoms with E-state index in [1.165, 1.54) is 0 Å². The number of fused-ring (bicyclic) bond motifs is 1. The number of aryl methyl sites for hydroxylation is 1. The van der Waals surface area contributed by atoms with Crippen LogP contribution >= 0.6 is 0 Å². The summed E-state index contributed by atoms with van der Waals surface area (Å²) in [7, 11) is 0. The molecule has 2 rings (SSSR count). The van der Waals surface area contributed by atoms with Crippen molar-refractivity contribution in [1.82, 2.24) is 0 Å². The molecule has 0 saturated carbocycles. The third-order valence-electron chi connectivity index (χ3n) is 2.40. The van der Waals surface area contributed by atoms with Crippen LogP contribution in [0.4, 0.5) is 0 Å². The van der Waals surface area contributed by atoms with Crippen molar-refractivity contribution in [2.75, 3.05) is 0 Å². The molecule has 0 aliphatic carbocycles. The van der Waals surface area contributed by atoms with Gasteiger partial charge in [0.05, 0.1) is 0 Å². The van der Waals surface area contributed by atoms with Crippen molar-refractivity contribution in [3.05, 3.63) is 35.9 Å². The summed E-state index contributed by atoms with van der Waals surface area (Å²) in [6, 6.07) is 8.75. The van der Waals surface area contributed by atoms with Crippen LogP contribution in [0.1, 0.15) is 12.5 Å². The van der Waals surface area contributed by atoms with Gasteiger partial charge in [0, 0.05) is 0 Å².